The number of aliphatic hydroxyl groups excluding tert-OH is 1. The summed E-state index contributed by atoms with van der Waals surface area (Å²) in [6.07, 6.45) is 1.89. The Kier molecular flexibility index (Phi) is 4.19. The maximum Gasteiger partial charge on any atom is 0.104 e. The third-order valence-corrected chi connectivity index (χ3v) is 2.60. The molecule has 1 rings (SSSR count). The summed E-state index contributed by atoms with van der Waals surface area (Å²) in [6.45, 7) is 2.08. The zero-order chi connectivity index (χ0) is 8.81. The molecule has 0 spiro atoms. The predicted octanol–water partition coefficient (Wildman–Crippen LogP) is 2.90. The topological polar surface area (TPSA) is 20.2 Å². The van der Waals surface area contributed by atoms with Crippen molar-refractivity contribution in [2.75, 3.05) is 0 Å². The monoisotopic (exact) mass is 182 g/mol. The fraction of sp³-hybridized carbons (Fsp3) is 0.400. The van der Waals surface area contributed by atoms with Crippen molar-refractivity contribution >= 4 is 11.8 Å². The van der Waals surface area contributed by atoms with Crippen molar-refractivity contribution in [1.29, 1.82) is 0 Å². The van der Waals surface area contributed by atoms with Gasteiger partial charge in [-0.25, -0.2) is 0 Å². The zero-order valence-corrected chi connectivity index (χ0v) is 8.05. The van der Waals surface area contributed by atoms with Gasteiger partial charge in [-0.1, -0.05) is 43.3 Å². The molecule has 1 unspecified atom stereocenters. The van der Waals surface area contributed by atoms with E-state index in [9.17, 15) is 5.11 Å². The lowest BCUT2D eigenvalue weighted by molar-refractivity contribution is 0.251. The molecule has 0 aromatic heterocycles. The Morgan fingerprint density at radius 1 is 1.33 bits per heavy atom. The Bertz CT molecular complexity index is 210. The molecule has 0 fully saturated rings. The van der Waals surface area contributed by atoms with E-state index in [1.54, 1.807) is 0 Å². The highest BCUT2D eigenvalue weighted by Crippen LogP contribution is 2.23. The van der Waals surface area contributed by atoms with E-state index in [1.807, 2.05) is 30.3 Å². The predicted molar refractivity (Wildman–Crippen MR) is 53.2 cm³/mol. The Hall–Kier alpha value is -0.470. The molecule has 12 heavy (non-hydrogen) atoms. The normalized spacial score (nSPS) is 12.8. The van der Waals surface area contributed by atoms with Gasteiger partial charge in [0, 0.05) is 4.90 Å². The van der Waals surface area contributed by atoms with Gasteiger partial charge in [-0.2, -0.15) is 0 Å². The van der Waals surface area contributed by atoms with Crippen LogP contribution in [0.25, 0.3) is 0 Å². The first-order valence-corrected chi connectivity index (χ1v) is 5.10. The molecule has 0 aliphatic heterocycles. The Balaban J connectivity index is 2.41. The number of rotatable bonds is 4. The standard InChI is InChI=1S/C10H14OS/c1-2-6-10(11)12-9-7-4-3-5-8-9/h3-5,7-8,10-11H,2,6H2,1H3. The fourth-order valence-electron chi connectivity index (χ4n) is 0.962. The minimum atomic E-state index is -0.252. The third kappa shape index (κ3) is 3.28. The van der Waals surface area contributed by atoms with E-state index in [-0.39, 0.29) is 5.44 Å². The first-order chi connectivity index (χ1) is 5.83. The molecule has 66 valence electrons. The molecule has 0 aliphatic carbocycles. The molecular formula is C10H14OS. The summed E-state index contributed by atoms with van der Waals surface area (Å²) in [4.78, 5) is 1.14. The molecule has 0 bridgehead atoms. The van der Waals surface area contributed by atoms with Gasteiger partial charge in [-0.3, -0.25) is 0 Å². The molecule has 0 heterocycles. The second kappa shape index (κ2) is 5.22. The number of benzene rings is 1. The molecule has 1 aromatic rings. The largest absolute Gasteiger partial charge is 0.382 e. The minimum absolute atomic E-state index is 0.252. The highest BCUT2D eigenvalue weighted by Gasteiger charge is 2.03. The van der Waals surface area contributed by atoms with Crippen LogP contribution in [0.4, 0.5) is 0 Å². The SMILES string of the molecule is CCCC(O)Sc1ccccc1. The Morgan fingerprint density at radius 3 is 2.58 bits per heavy atom. The van der Waals surface area contributed by atoms with Crippen LogP contribution in [-0.2, 0) is 0 Å². The van der Waals surface area contributed by atoms with Crippen molar-refractivity contribution in [1.82, 2.24) is 0 Å². The highest BCUT2D eigenvalue weighted by atomic mass is 32.2. The van der Waals surface area contributed by atoms with E-state index < -0.39 is 0 Å². The average molecular weight is 182 g/mol. The van der Waals surface area contributed by atoms with E-state index in [1.165, 1.54) is 11.8 Å². The number of hydrogen-bond donors (Lipinski definition) is 1. The summed E-state index contributed by atoms with van der Waals surface area (Å²) in [6, 6.07) is 9.99. The van der Waals surface area contributed by atoms with E-state index >= 15 is 0 Å². The van der Waals surface area contributed by atoms with E-state index in [2.05, 4.69) is 6.92 Å². The lowest BCUT2D eigenvalue weighted by atomic mass is 10.4. The second-order valence-electron chi connectivity index (χ2n) is 2.67. The molecule has 1 nitrogen and oxygen atoms in total. The van der Waals surface area contributed by atoms with Gasteiger partial charge in [-0.05, 0) is 18.6 Å². The molecule has 1 aromatic carbocycles. The van der Waals surface area contributed by atoms with Gasteiger partial charge in [0.05, 0.1) is 0 Å². The van der Waals surface area contributed by atoms with Gasteiger partial charge in [0.15, 0.2) is 0 Å². The Labute approximate surface area is 77.8 Å². The van der Waals surface area contributed by atoms with E-state index in [0.29, 0.717) is 0 Å². The summed E-state index contributed by atoms with van der Waals surface area (Å²) < 4.78 is 0. The van der Waals surface area contributed by atoms with Crippen LogP contribution in [0.5, 0.6) is 0 Å². The molecule has 1 N–H and O–H groups in total. The molecule has 0 aliphatic rings. The molecular weight excluding hydrogens is 168 g/mol. The van der Waals surface area contributed by atoms with Crippen molar-refractivity contribution < 1.29 is 5.11 Å². The van der Waals surface area contributed by atoms with Gasteiger partial charge in [0.25, 0.3) is 0 Å². The third-order valence-electron chi connectivity index (χ3n) is 1.55. The lowest BCUT2D eigenvalue weighted by Gasteiger charge is -2.07. The molecule has 0 saturated carbocycles. The smallest absolute Gasteiger partial charge is 0.104 e. The van der Waals surface area contributed by atoms with Gasteiger partial charge in [-0.15, -0.1) is 0 Å². The molecule has 0 amide bonds. The first-order valence-electron chi connectivity index (χ1n) is 4.22. The number of aliphatic hydroxyl groups is 1. The highest BCUT2D eigenvalue weighted by molar-refractivity contribution is 7.99. The fourth-order valence-corrected chi connectivity index (χ4v) is 1.94. The Morgan fingerprint density at radius 2 is 2.00 bits per heavy atom. The van der Waals surface area contributed by atoms with Crippen LogP contribution in [-0.4, -0.2) is 10.5 Å². The summed E-state index contributed by atoms with van der Waals surface area (Å²) in [7, 11) is 0. The molecule has 2 heteroatoms. The van der Waals surface area contributed by atoms with Crippen molar-refractivity contribution in [2.45, 2.75) is 30.1 Å². The van der Waals surface area contributed by atoms with Crippen molar-refractivity contribution in [3.63, 3.8) is 0 Å². The van der Waals surface area contributed by atoms with Crippen LogP contribution in [0.1, 0.15) is 19.8 Å². The van der Waals surface area contributed by atoms with Gasteiger partial charge in [0.1, 0.15) is 5.44 Å². The second-order valence-corrected chi connectivity index (χ2v) is 3.93. The summed E-state index contributed by atoms with van der Waals surface area (Å²) in [5, 5.41) is 9.47. The van der Waals surface area contributed by atoms with E-state index in [4.69, 9.17) is 0 Å². The summed E-state index contributed by atoms with van der Waals surface area (Å²) in [5.41, 5.74) is -0.252. The summed E-state index contributed by atoms with van der Waals surface area (Å²) >= 11 is 1.52. The maximum atomic E-state index is 9.47. The van der Waals surface area contributed by atoms with Crippen molar-refractivity contribution in [2.24, 2.45) is 0 Å². The van der Waals surface area contributed by atoms with Gasteiger partial charge < -0.3 is 5.11 Å². The van der Waals surface area contributed by atoms with Crippen LogP contribution >= 0.6 is 11.8 Å². The number of hydrogen-bond acceptors (Lipinski definition) is 2. The molecule has 0 saturated heterocycles. The minimum Gasteiger partial charge on any atom is -0.382 e. The maximum absolute atomic E-state index is 9.47. The van der Waals surface area contributed by atoms with Crippen LogP contribution in [0.3, 0.4) is 0 Å². The van der Waals surface area contributed by atoms with Crippen LogP contribution in [0.2, 0.25) is 0 Å². The van der Waals surface area contributed by atoms with Gasteiger partial charge >= 0.3 is 0 Å². The van der Waals surface area contributed by atoms with Crippen molar-refractivity contribution in [3.8, 4) is 0 Å². The van der Waals surface area contributed by atoms with Crippen LogP contribution in [0.15, 0.2) is 35.2 Å². The quantitative estimate of drug-likeness (QED) is 0.570. The van der Waals surface area contributed by atoms with Crippen LogP contribution in [0, 0.1) is 0 Å². The molecule has 0 radical (unpaired) electrons. The van der Waals surface area contributed by atoms with Crippen molar-refractivity contribution in [3.05, 3.63) is 30.3 Å². The van der Waals surface area contributed by atoms with E-state index in [0.717, 1.165) is 17.7 Å². The average Bonchev–Trinajstić information content (AvgIpc) is 2.06. The first kappa shape index (κ1) is 9.62. The molecule has 1 atom stereocenters. The van der Waals surface area contributed by atoms with Gasteiger partial charge in [0.2, 0.25) is 0 Å². The van der Waals surface area contributed by atoms with Crippen LogP contribution < -0.4 is 0 Å². The zero-order valence-electron chi connectivity index (χ0n) is 7.23. The summed E-state index contributed by atoms with van der Waals surface area (Å²) in [5.74, 6) is 0. The lowest BCUT2D eigenvalue weighted by Crippen LogP contribution is -1.98. The number of thioether (sulfide) groups is 1.